The quantitative estimate of drug-likeness (QED) is 0.454. The van der Waals surface area contributed by atoms with Gasteiger partial charge in [0, 0.05) is 48.4 Å². The minimum Gasteiger partial charge on any atom is -0.399 e. The summed E-state index contributed by atoms with van der Waals surface area (Å²) in [6, 6.07) is 14.7. The van der Waals surface area contributed by atoms with Gasteiger partial charge in [0.25, 0.3) is 11.8 Å². The van der Waals surface area contributed by atoms with Crippen LogP contribution in [0.1, 0.15) is 47.7 Å². The van der Waals surface area contributed by atoms with Crippen LogP contribution in [0.4, 0.5) is 11.4 Å². The second-order valence-electron chi connectivity index (χ2n) is 9.01. The molecule has 2 aliphatic heterocycles. The number of anilines is 1. The highest BCUT2D eigenvalue weighted by molar-refractivity contribution is 6.05. The standard InChI is InChI=1S/C27H30N6O3/c1-2-10-33(36-17-18-3-7-23(29)8-4-18)27(35)22-12-20-5-6-21(13-24(20)31-25(30)14-22)26(34)32-11-9-19(15-28)16-32/h3-8,12-13,19H,2,9-11,14,16-17,29H2,1H3,(H2,30,31). The Labute approximate surface area is 210 Å². The predicted molar refractivity (Wildman–Crippen MR) is 138 cm³/mol. The molecule has 0 radical (unpaired) electrons. The summed E-state index contributed by atoms with van der Waals surface area (Å²) in [5.74, 6) is -0.274. The maximum atomic E-state index is 13.4. The molecule has 1 unspecified atom stereocenters. The van der Waals surface area contributed by atoms with Crippen LogP contribution >= 0.6 is 0 Å². The number of likely N-dealkylation sites (tertiary alicyclic amines) is 1. The van der Waals surface area contributed by atoms with Crippen molar-refractivity contribution in [1.29, 1.82) is 5.26 Å². The molecule has 0 aromatic heterocycles. The van der Waals surface area contributed by atoms with Gasteiger partial charge in [0.05, 0.1) is 17.7 Å². The van der Waals surface area contributed by atoms with Crippen LogP contribution in [0.15, 0.2) is 53.0 Å². The Kier molecular flexibility index (Phi) is 7.66. The van der Waals surface area contributed by atoms with Gasteiger partial charge in [-0.05, 0) is 48.7 Å². The van der Waals surface area contributed by atoms with Crippen LogP contribution in [-0.4, -0.2) is 47.2 Å². The molecule has 0 bridgehead atoms. The van der Waals surface area contributed by atoms with E-state index < -0.39 is 0 Å². The zero-order chi connectivity index (χ0) is 25.7. The highest BCUT2D eigenvalue weighted by atomic mass is 16.7. The fourth-order valence-electron chi connectivity index (χ4n) is 4.25. The molecule has 2 aromatic rings. The molecule has 4 rings (SSSR count). The van der Waals surface area contributed by atoms with E-state index in [0.717, 1.165) is 12.0 Å². The summed E-state index contributed by atoms with van der Waals surface area (Å²) in [5.41, 5.74) is 15.6. The van der Waals surface area contributed by atoms with Crippen molar-refractivity contribution in [2.24, 2.45) is 16.6 Å². The van der Waals surface area contributed by atoms with E-state index in [1.54, 1.807) is 41.3 Å². The Bertz CT molecular complexity index is 1250. The third-order valence-corrected chi connectivity index (χ3v) is 6.20. The number of benzene rings is 2. The molecular formula is C27H30N6O3. The Morgan fingerprint density at radius 2 is 2.00 bits per heavy atom. The number of carbonyl (C=O) groups is 2. The first kappa shape index (κ1) is 24.9. The van der Waals surface area contributed by atoms with Gasteiger partial charge < -0.3 is 16.4 Å². The SMILES string of the molecule is CCCN(OCc1ccc(N)cc1)C(=O)C1=Cc2ccc(C(=O)N3CCC(C#N)C3)cc2N=C(N)C1. The highest BCUT2D eigenvalue weighted by Crippen LogP contribution is 2.29. The summed E-state index contributed by atoms with van der Waals surface area (Å²) in [4.78, 5) is 38.4. The average molecular weight is 487 g/mol. The topological polar surface area (TPSA) is 138 Å². The number of nitrogens with zero attached hydrogens (tertiary/aromatic N) is 4. The lowest BCUT2D eigenvalue weighted by atomic mass is 10.0. The smallest absolute Gasteiger partial charge is 0.273 e. The Morgan fingerprint density at radius 3 is 2.69 bits per heavy atom. The minimum atomic E-state index is -0.280. The van der Waals surface area contributed by atoms with Crippen LogP contribution in [0.2, 0.25) is 0 Å². The van der Waals surface area contributed by atoms with Crippen molar-refractivity contribution in [3.05, 3.63) is 64.7 Å². The number of hydrogen-bond acceptors (Lipinski definition) is 7. The van der Waals surface area contributed by atoms with Gasteiger partial charge in [0.1, 0.15) is 12.4 Å². The van der Waals surface area contributed by atoms with Gasteiger partial charge in [-0.15, -0.1) is 0 Å². The second kappa shape index (κ2) is 11.1. The number of amidine groups is 1. The Hall–Kier alpha value is -4.16. The van der Waals surface area contributed by atoms with Gasteiger partial charge in [0.15, 0.2) is 0 Å². The zero-order valence-electron chi connectivity index (χ0n) is 20.3. The summed E-state index contributed by atoms with van der Waals surface area (Å²) in [6.07, 6.45) is 3.32. The van der Waals surface area contributed by atoms with Crippen molar-refractivity contribution in [2.45, 2.75) is 32.8 Å². The van der Waals surface area contributed by atoms with Gasteiger partial charge in [0.2, 0.25) is 0 Å². The van der Waals surface area contributed by atoms with Crippen molar-refractivity contribution < 1.29 is 14.4 Å². The van der Waals surface area contributed by atoms with E-state index in [4.69, 9.17) is 21.6 Å². The molecule has 0 spiro atoms. The van der Waals surface area contributed by atoms with E-state index in [9.17, 15) is 9.59 Å². The van der Waals surface area contributed by atoms with Gasteiger partial charge >= 0.3 is 0 Å². The fourth-order valence-corrected chi connectivity index (χ4v) is 4.25. The summed E-state index contributed by atoms with van der Waals surface area (Å²) in [7, 11) is 0. The molecule has 0 aliphatic carbocycles. The molecule has 36 heavy (non-hydrogen) atoms. The van der Waals surface area contributed by atoms with Gasteiger partial charge in [-0.1, -0.05) is 25.1 Å². The minimum absolute atomic E-state index is 0.131. The number of aliphatic imine (C=N–C) groups is 1. The molecule has 4 N–H and O–H groups in total. The van der Waals surface area contributed by atoms with E-state index in [1.165, 1.54) is 5.06 Å². The monoisotopic (exact) mass is 486 g/mol. The van der Waals surface area contributed by atoms with Gasteiger partial charge in [-0.2, -0.15) is 5.26 Å². The number of nitriles is 1. The van der Waals surface area contributed by atoms with Gasteiger partial charge in [-0.3, -0.25) is 14.4 Å². The Balaban J connectivity index is 1.53. The molecule has 1 atom stereocenters. The van der Waals surface area contributed by atoms with Crippen molar-refractivity contribution >= 4 is 35.1 Å². The third-order valence-electron chi connectivity index (χ3n) is 6.20. The number of hydroxylamine groups is 2. The van der Waals surface area contributed by atoms with Crippen LogP contribution < -0.4 is 11.5 Å². The number of nitrogens with two attached hydrogens (primary N) is 2. The van der Waals surface area contributed by atoms with E-state index in [2.05, 4.69) is 11.1 Å². The van der Waals surface area contributed by atoms with Crippen molar-refractivity contribution in [3.8, 4) is 6.07 Å². The van der Waals surface area contributed by atoms with E-state index >= 15 is 0 Å². The third kappa shape index (κ3) is 5.73. The molecule has 186 valence electrons. The second-order valence-corrected chi connectivity index (χ2v) is 9.01. The molecule has 1 fully saturated rings. The first-order valence-electron chi connectivity index (χ1n) is 12.0. The molecular weight excluding hydrogens is 456 g/mol. The van der Waals surface area contributed by atoms with E-state index in [1.807, 2.05) is 19.1 Å². The van der Waals surface area contributed by atoms with Crippen LogP contribution in [0.5, 0.6) is 0 Å². The Morgan fingerprint density at radius 1 is 1.22 bits per heavy atom. The number of carbonyl (C=O) groups excluding carboxylic acids is 2. The normalized spacial score (nSPS) is 16.9. The summed E-state index contributed by atoms with van der Waals surface area (Å²) >= 11 is 0. The molecule has 2 amide bonds. The molecule has 9 heteroatoms. The van der Waals surface area contributed by atoms with Gasteiger partial charge in [-0.25, -0.2) is 10.1 Å². The summed E-state index contributed by atoms with van der Waals surface area (Å²) in [6.45, 7) is 3.61. The number of hydrogen-bond donors (Lipinski definition) is 2. The van der Waals surface area contributed by atoms with Crippen molar-refractivity contribution in [2.75, 3.05) is 25.4 Å². The van der Waals surface area contributed by atoms with Crippen LogP contribution in [0.25, 0.3) is 6.08 Å². The average Bonchev–Trinajstić information content (AvgIpc) is 3.29. The lowest BCUT2D eigenvalue weighted by Gasteiger charge is -2.22. The number of fused-ring (bicyclic) bond motifs is 1. The lowest BCUT2D eigenvalue weighted by molar-refractivity contribution is -0.187. The summed E-state index contributed by atoms with van der Waals surface area (Å²) in [5, 5.41) is 10.5. The first-order valence-corrected chi connectivity index (χ1v) is 12.0. The zero-order valence-corrected chi connectivity index (χ0v) is 20.3. The molecule has 1 saturated heterocycles. The van der Waals surface area contributed by atoms with Crippen LogP contribution in [0.3, 0.4) is 0 Å². The van der Waals surface area contributed by atoms with Crippen molar-refractivity contribution in [3.63, 3.8) is 0 Å². The van der Waals surface area contributed by atoms with E-state index in [0.29, 0.717) is 54.1 Å². The fraction of sp³-hybridized carbons (Fsp3) is 0.333. The molecule has 2 aliphatic rings. The molecule has 2 aromatic carbocycles. The molecule has 0 saturated carbocycles. The van der Waals surface area contributed by atoms with Crippen LogP contribution in [0, 0.1) is 17.2 Å². The first-order chi connectivity index (χ1) is 17.4. The highest BCUT2D eigenvalue weighted by Gasteiger charge is 2.28. The maximum absolute atomic E-state index is 13.4. The summed E-state index contributed by atoms with van der Waals surface area (Å²) < 4.78 is 0. The van der Waals surface area contributed by atoms with E-state index in [-0.39, 0.29) is 36.6 Å². The lowest BCUT2D eigenvalue weighted by Crippen LogP contribution is -2.34. The van der Waals surface area contributed by atoms with Crippen LogP contribution in [-0.2, 0) is 16.2 Å². The largest absolute Gasteiger partial charge is 0.399 e. The molecule has 9 nitrogen and oxygen atoms in total. The maximum Gasteiger partial charge on any atom is 0.273 e. The predicted octanol–water partition coefficient (Wildman–Crippen LogP) is 3.40. The number of nitrogen functional groups attached to an aromatic ring is 1. The van der Waals surface area contributed by atoms with Crippen molar-refractivity contribution in [1.82, 2.24) is 9.96 Å². The number of amides is 2. The number of rotatable bonds is 7. The molecule has 2 heterocycles.